The van der Waals surface area contributed by atoms with Crippen LogP contribution in [-0.2, 0) is 6.42 Å². The number of piperidine rings is 1. The first kappa shape index (κ1) is 10.8. The van der Waals surface area contributed by atoms with Gasteiger partial charge in [0.2, 0.25) is 0 Å². The first-order valence-corrected chi connectivity index (χ1v) is 6.55. The third kappa shape index (κ3) is 2.09. The van der Waals surface area contributed by atoms with E-state index in [2.05, 4.69) is 30.4 Å². The third-order valence-corrected chi connectivity index (χ3v) is 3.76. The summed E-state index contributed by atoms with van der Waals surface area (Å²) in [6.07, 6.45) is 5.07. The van der Waals surface area contributed by atoms with Crippen LogP contribution in [0.2, 0.25) is 0 Å². The van der Waals surface area contributed by atoms with Crippen LogP contribution in [0.25, 0.3) is 11.0 Å². The first-order valence-electron chi connectivity index (χ1n) is 6.55. The summed E-state index contributed by atoms with van der Waals surface area (Å²) in [5, 5.41) is 4.90. The predicted octanol–water partition coefficient (Wildman–Crippen LogP) is 3.43. The van der Waals surface area contributed by atoms with Crippen LogP contribution in [0.4, 0.5) is 0 Å². The standard InChI is InChI=1S/C15H19NO/c1-11-14(10-12-6-4-5-9-16-12)13-7-2-3-8-15(13)17-11/h2-3,7-8,12,16H,4-6,9-10H2,1H3. The molecule has 1 N–H and O–H groups in total. The summed E-state index contributed by atoms with van der Waals surface area (Å²) in [5.41, 5.74) is 2.41. The molecule has 0 aliphatic carbocycles. The third-order valence-electron chi connectivity index (χ3n) is 3.76. The van der Waals surface area contributed by atoms with Crippen LogP contribution in [0, 0.1) is 6.92 Å². The Hall–Kier alpha value is -1.28. The number of hydrogen-bond acceptors (Lipinski definition) is 2. The minimum absolute atomic E-state index is 0.628. The summed E-state index contributed by atoms with van der Waals surface area (Å²) in [4.78, 5) is 0. The van der Waals surface area contributed by atoms with Crippen molar-refractivity contribution in [3.05, 3.63) is 35.6 Å². The van der Waals surface area contributed by atoms with Gasteiger partial charge in [-0.05, 0) is 38.8 Å². The smallest absolute Gasteiger partial charge is 0.134 e. The first-order chi connectivity index (χ1) is 8.34. The Morgan fingerprint density at radius 3 is 3.00 bits per heavy atom. The molecule has 1 fully saturated rings. The van der Waals surface area contributed by atoms with Gasteiger partial charge in [0, 0.05) is 17.0 Å². The molecule has 1 unspecified atom stereocenters. The maximum absolute atomic E-state index is 5.81. The number of furan rings is 1. The van der Waals surface area contributed by atoms with E-state index in [4.69, 9.17) is 4.42 Å². The molecule has 0 amide bonds. The zero-order chi connectivity index (χ0) is 11.7. The molecule has 2 nitrogen and oxygen atoms in total. The Kier molecular flexibility index (Phi) is 2.89. The number of hydrogen-bond donors (Lipinski definition) is 1. The molecule has 0 spiro atoms. The van der Waals surface area contributed by atoms with Crippen molar-refractivity contribution in [3.63, 3.8) is 0 Å². The lowest BCUT2D eigenvalue weighted by Gasteiger charge is -2.23. The van der Waals surface area contributed by atoms with Crippen LogP contribution < -0.4 is 5.32 Å². The molecule has 2 heteroatoms. The lowest BCUT2D eigenvalue weighted by Crippen LogP contribution is -2.35. The van der Waals surface area contributed by atoms with E-state index in [0.717, 1.165) is 17.8 Å². The van der Waals surface area contributed by atoms with E-state index in [-0.39, 0.29) is 0 Å². The highest BCUT2D eigenvalue weighted by Crippen LogP contribution is 2.27. The van der Waals surface area contributed by atoms with Gasteiger partial charge in [-0.25, -0.2) is 0 Å². The highest BCUT2D eigenvalue weighted by Gasteiger charge is 2.17. The van der Waals surface area contributed by atoms with Gasteiger partial charge in [-0.15, -0.1) is 0 Å². The summed E-state index contributed by atoms with van der Waals surface area (Å²) < 4.78 is 5.81. The lowest BCUT2D eigenvalue weighted by atomic mass is 9.96. The summed E-state index contributed by atoms with van der Waals surface area (Å²) in [6, 6.07) is 8.98. The maximum Gasteiger partial charge on any atom is 0.134 e. The van der Waals surface area contributed by atoms with Crippen LogP contribution in [-0.4, -0.2) is 12.6 Å². The molecule has 1 aromatic carbocycles. The van der Waals surface area contributed by atoms with Gasteiger partial charge in [0.15, 0.2) is 0 Å². The Labute approximate surface area is 102 Å². The average molecular weight is 229 g/mol. The molecular formula is C15H19NO. The Morgan fingerprint density at radius 1 is 1.29 bits per heavy atom. The van der Waals surface area contributed by atoms with Crippen molar-refractivity contribution in [1.29, 1.82) is 0 Å². The monoisotopic (exact) mass is 229 g/mol. The second-order valence-corrected chi connectivity index (χ2v) is 4.98. The molecule has 1 aliphatic rings. The van der Waals surface area contributed by atoms with Gasteiger partial charge in [-0.1, -0.05) is 24.6 Å². The van der Waals surface area contributed by atoms with Crippen molar-refractivity contribution in [2.24, 2.45) is 0 Å². The van der Waals surface area contributed by atoms with Crippen molar-refractivity contribution >= 4 is 11.0 Å². The zero-order valence-electron chi connectivity index (χ0n) is 10.3. The van der Waals surface area contributed by atoms with Crippen LogP contribution in [0.15, 0.2) is 28.7 Å². The minimum atomic E-state index is 0.628. The molecule has 2 heterocycles. The second kappa shape index (κ2) is 4.53. The Morgan fingerprint density at radius 2 is 2.18 bits per heavy atom. The zero-order valence-corrected chi connectivity index (χ0v) is 10.3. The topological polar surface area (TPSA) is 25.2 Å². The normalized spacial score (nSPS) is 20.9. The van der Waals surface area contributed by atoms with Crippen molar-refractivity contribution in [3.8, 4) is 0 Å². The molecule has 17 heavy (non-hydrogen) atoms. The van der Waals surface area contributed by atoms with E-state index in [1.807, 2.05) is 6.07 Å². The number of benzene rings is 1. The van der Waals surface area contributed by atoms with Crippen molar-refractivity contribution in [2.45, 2.75) is 38.6 Å². The summed E-state index contributed by atoms with van der Waals surface area (Å²) in [7, 11) is 0. The van der Waals surface area contributed by atoms with Crippen LogP contribution in [0.5, 0.6) is 0 Å². The summed E-state index contributed by atoms with van der Waals surface area (Å²) in [5.74, 6) is 1.08. The van der Waals surface area contributed by atoms with Gasteiger partial charge in [0.25, 0.3) is 0 Å². The van der Waals surface area contributed by atoms with Gasteiger partial charge in [0.1, 0.15) is 11.3 Å². The average Bonchev–Trinajstić information content (AvgIpc) is 2.68. The van der Waals surface area contributed by atoms with Crippen LogP contribution in [0.1, 0.15) is 30.6 Å². The number of nitrogens with one attached hydrogen (secondary N) is 1. The largest absolute Gasteiger partial charge is 0.461 e. The molecule has 0 radical (unpaired) electrons. The minimum Gasteiger partial charge on any atom is -0.461 e. The fraction of sp³-hybridized carbons (Fsp3) is 0.467. The van der Waals surface area contributed by atoms with E-state index in [0.29, 0.717) is 6.04 Å². The fourth-order valence-electron chi connectivity index (χ4n) is 2.82. The lowest BCUT2D eigenvalue weighted by molar-refractivity contribution is 0.397. The molecule has 0 bridgehead atoms. The predicted molar refractivity (Wildman–Crippen MR) is 70.3 cm³/mol. The highest BCUT2D eigenvalue weighted by atomic mass is 16.3. The van der Waals surface area contributed by atoms with E-state index in [1.54, 1.807) is 0 Å². The molecule has 3 rings (SSSR count). The van der Waals surface area contributed by atoms with Crippen molar-refractivity contribution < 1.29 is 4.42 Å². The fourth-order valence-corrected chi connectivity index (χ4v) is 2.82. The molecule has 0 saturated carbocycles. The molecule has 1 saturated heterocycles. The van der Waals surface area contributed by atoms with Crippen molar-refractivity contribution in [1.82, 2.24) is 5.32 Å². The SMILES string of the molecule is Cc1oc2ccccc2c1CC1CCCCN1. The van der Waals surface area contributed by atoms with E-state index < -0.39 is 0 Å². The molecule has 2 aromatic rings. The van der Waals surface area contributed by atoms with E-state index >= 15 is 0 Å². The van der Waals surface area contributed by atoms with Gasteiger partial charge < -0.3 is 9.73 Å². The quantitative estimate of drug-likeness (QED) is 0.853. The van der Waals surface area contributed by atoms with Crippen molar-refractivity contribution in [2.75, 3.05) is 6.54 Å². The van der Waals surface area contributed by atoms with Crippen LogP contribution >= 0.6 is 0 Å². The number of fused-ring (bicyclic) bond motifs is 1. The molecule has 1 atom stereocenters. The Bertz CT molecular complexity index is 509. The molecule has 1 aliphatic heterocycles. The van der Waals surface area contributed by atoms with Gasteiger partial charge in [-0.2, -0.15) is 0 Å². The van der Waals surface area contributed by atoms with Crippen LogP contribution in [0.3, 0.4) is 0 Å². The molecular weight excluding hydrogens is 210 g/mol. The van der Waals surface area contributed by atoms with Gasteiger partial charge >= 0.3 is 0 Å². The molecule has 1 aromatic heterocycles. The summed E-state index contributed by atoms with van der Waals surface area (Å²) in [6.45, 7) is 3.25. The second-order valence-electron chi connectivity index (χ2n) is 4.98. The Balaban J connectivity index is 1.90. The van der Waals surface area contributed by atoms with Gasteiger partial charge in [0.05, 0.1) is 0 Å². The van der Waals surface area contributed by atoms with E-state index in [1.165, 1.54) is 36.8 Å². The highest BCUT2D eigenvalue weighted by molar-refractivity contribution is 5.82. The number of aryl methyl sites for hydroxylation is 1. The van der Waals surface area contributed by atoms with E-state index in [9.17, 15) is 0 Å². The maximum atomic E-state index is 5.81. The number of para-hydroxylation sites is 1. The number of rotatable bonds is 2. The summed E-state index contributed by atoms with van der Waals surface area (Å²) >= 11 is 0. The van der Waals surface area contributed by atoms with Gasteiger partial charge in [-0.3, -0.25) is 0 Å². The molecule has 90 valence electrons.